The van der Waals surface area contributed by atoms with Gasteiger partial charge in [0.1, 0.15) is 17.0 Å². The third-order valence-electron chi connectivity index (χ3n) is 7.81. The highest BCUT2D eigenvalue weighted by Crippen LogP contribution is 2.39. The van der Waals surface area contributed by atoms with Gasteiger partial charge >= 0.3 is 0 Å². The van der Waals surface area contributed by atoms with E-state index in [4.69, 9.17) is 0 Å². The molecule has 6 rings (SSSR count). The lowest BCUT2D eigenvalue weighted by Gasteiger charge is -2.36. The van der Waals surface area contributed by atoms with Crippen molar-refractivity contribution in [3.63, 3.8) is 0 Å². The molecule has 34 heavy (non-hydrogen) atoms. The summed E-state index contributed by atoms with van der Waals surface area (Å²) in [7, 11) is 0. The van der Waals surface area contributed by atoms with E-state index in [1.807, 2.05) is 0 Å². The Morgan fingerprint density at radius 3 is 2.62 bits per heavy atom. The van der Waals surface area contributed by atoms with E-state index in [-0.39, 0.29) is 12.0 Å². The largest absolute Gasteiger partial charge is 0.356 e. The van der Waals surface area contributed by atoms with Crippen molar-refractivity contribution in [3.05, 3.63) is 64.8 Å². The fourth-order valence-electron chi connectivity index (χ4n) is 5.87. The summed E-state index contributed by atoms with van der Waals surface area (Å²) < 4.78 is 0. The molecule has 5 nitrogen and oxygen atoms in total. The topological polar surface area (TPSA) is 49.3 Å². The first-order valence-electron chi connectivity index (χ1n) is 12.4. The zero-order chi connectivity index (χ0) is 23.2. The van der Waals surface area contributed by atoms with Crippen LogP contribution in [0.5, 0.6) is 0 Å². The van der Waals surface area contributed by atoms with Gasteiger partial charge in [0.15, 0.2) is 0 Å². The van der Waals surface area contributed by atoms with Crippen LogP contribution in [0, 0.1) is 19.8 Å². The van der Waals surface area contributed by atoms with E-state index in [0.717, 1.165) is 56.0 Å². The third kappa shape index (κ3) is 3.56. The van der Waals surface area contributed by atoms with Gasteiger partial charge in [-0.3, -0.25) is 4.79 Å². The molecule has 174 valence electrons. The molecule has 0 saturated carbocycles. The van der Waals surface area contributed by atoms with Crippen LogP contribution in [-0.4, -0.2) is 40.4 Å². The molecule has 1 unspecified atom stereocenters. The fourth-order valence-corrected chi connectivity index (χ4v) is 6.86. The molecule has 2 aliphatic heterocycles. The number of amides is 1. The first-order chi connectivity index (χ1) is 16.6. The summed E-state index contributed by atoms with van der Waals surface area (Å²) in [4.78, 5) is 29.8. The summed E-state index contributed by atoms with van der Waals surface area (Å²) in [6.07, 6.45) is 5.57. The molecule has 6 heteroatoms. The molecule has 2 aliphatic rings. The second-order valence-electron chi connectivity index (χ2n) is 9.68. The van der Waals surface area contributed by atoms with Gasteiger partial charge in [-0.15, -0.1) is 11.3 Å². The molecule has 2 aromatic carbocycles. The van der Waals surface area contributed by atoms with Gasteiger partial charge in [-0.1, -0.05) is 42.5 Å². The summed E-state index contributed by atoms with van der Waals surface area (Å²) in [5.41, 5.74) is 2.58. The van der Waals surface area contributed by atoms with Crippen molar-refractivity contribution < 1.29 is 4.79 Å². The van der Waals surface area contributed by atoms with Gasteiger partial charge < -0.3 is 9.80 Å². The number of hydrogen-bond donors (Lipinski definition) is 0. The summed E-state index contributed by atoms with van der Waals surface area (Å²) in [5, 5.41) is 3.71. The molecule has 4 heterocycles. The van der Waals surface area contributed by atoms with Crippen LogP contribution < -0.4 is 4.90 Å². The van der Waals surface area contributed by atoms with E-state index in [2.05, 4.69) is 76.1 Å². The van der Waals surface area contributed by atoms with E-state index in [1.165, 1.54) is 32.2 Å². The van der Waals surface area contributed by atoms with Crippen molar-refractivity contribution in [2.24, 2.45) is 5.92 Å². The Labute approximate surface area is 204 Å². The van der Waals surface area contributed by atoms with Gasteiger partial charge in [-0.05, 0) is 61.4 Å². The second kappa shape index (κ2) is 8.66. The monoisotopic (exact) mass is 470 g/mol. The maximum atomic E-state index is 13.7. The zero-order valence-electron chi connectivity index (χ0n) is 19.8. The number of anilines is 1. The van der Waals surface area contributed by atoms with E-state index >= 15 is 0 Å². The summed E-state index contributed by atoms with van der Waals surface area (Å²) in [5.74, 6) is 1.47. The Morgan fingerprint density at radius 1 is 0.971 bits per heavy atom. The minimum absolute atomic E-state index is 0.0921. The normalized spacial score (nSPS) is 19.4. The predicted octanol–water partition coefficient (Wildman–Crippen LogP) is 6.04. The quantitative estimate of drug-likeness (QED) is 0.366. The molecule has 4 aromatic rings. The standard InChI is InChI=1S/C28H30N4OS/c1-18-19(2)34-27-25(18)26(29-17-30-27)31-15-12-21(13-16-31)28(33)32-14-6-11-24(32)23-10-5-8-20-7-3-4-9-22(20)23/h3-5,7-10,17,21,24H,6,11-16H2,1-2H3. The summed E-state index contributed by atoms with van der Waals surface area (Å²) in [6, 6.07) is 15.2. The van der Waals surface area contributed by atoms with Crippen LogP contribution in [0.15, 0.2) is 48.8 Å². The lowest BCUT2D eigenvalue weighted by molar-refractivity contribution is -0.137. The summed E-state index contributed by atoms with van der Waals surface area (Å²) >= 11 is 1.74. The van der Waals surface area contributed by atoms with Crippen LogP contribution in [0.4, 0.5) is 5.82 Å². The number of thiophene rings is 1. The molecular weight excluding hydrogens is 440 g/mol. The van der Waals surface area contributed by atoms with Crippen LogP contribution in [0.3, 0.4) is 0 Å². The second-order valence-corrected chi connectivity index (χ2v) is 10.9. The Kier molecular flexibility index (Phi) is 5.48. The van der Waals surface area contributed by atoms with Gasteiger partial charge in [-0.25, -0.2) is 9.97 Å². The van der Waals surface area contributed by atoms with Crippen LogP contribution >= 0.6 is 11.3 Å². The number of aryl methyl sites for hydroxylation is 2. The van der Waals surface area contributed by atoms with Crippen LogP contribution in [-0.2, 0) is 4.79 Å². The van der Waals surface area contributed by atoms with Crippen LogP contribution in [0.1, 0.15) is 47.7 Å². The van der Waals surface area contributed by atoms with E-state index in [0.29, 0.717) is 5.91 Å². The number of aromatic nitrogens is 2. The van der Waals surface area contributed by atoms with E-state index in [1.54, 1.807) is 17.7 Å². The Balaban J connectivity index is 1.20. The smallest absolute Gasteiger partial charge is 0.226 e. The van der Waals surface area contributed by atoms with Crippen molar-refractivity contribution >= 4 is 44.1 Å². The number of likely N-dealkylation sites (tertiary alicyclic amines) is 1. The lowest BCUT2D eigenvalue weighted by atomic mass is 9.93. The molecule has 0 aliphatic carbocycles. The van der Waals surface area contributed by atoms with E-state index in [9.17, 15) is 4.79 Å². The van der Waals surface area contributed by atoms with Crippen molar-refractivity contribution in [1.29, 1.82) is 0 Å². The summed E-state index contributed by atoms with van der Waals surface area (Å²) in [6.45, 7) is 6.91. The van der Waals surface area contributed by atoms with Crippen molar-refractivity contribution in [2.45, 2.75) is 45.6 Å². The third-order valence-corrected chi connectivity index (χ3v) is 8.92. The minimum atomic E-state index is 0.0921. The highest BCUT2D eigenvalue weighted by molar-refractivity contribution is 7.18. The molecule has 0 spiro atoms. The molecule has 2 aromatic heterocycles. The van der Waals surface area contributed by atoms with Gasteiger partial charge in [0.2, 0.25) is 5.91 Å². The van der Waals surface area contributed by atoms with Gasteiger partial charge in [0.05, 0.1) is 11.4 Å². The SMILES string of the molecule is Cc1sc2ncnc(N3CCC(C(=O)N4CCCC4c4cccc5ccccc45)CC3)c2c1C. The Bertz CT molecular complexity index is 1370. The Morgan fingerprint density at radius 2 is 1.76 bits per heavy atom. The number of piperidine rings is 1. The van der Waals surface area contributed by atoms with Gasteiger partial charge in [0.25, 0.3) is 0 Å². The predicted molar refractivity (Wildman–Crippen MR) is 139 cm³/mol. The van der Waals surface area contributed by atoms with Crippen LogP contribution in [0.2, 0.25) is 0 Å². The number of benzene rings is 2. The number of carbonyl (C=O) groups excluding carboxylic acids is 1. The zero-order valence-corrected chi connectivity index (χ0v) is 20.6. The minimum Gasteiger partial charge on any atom is -0.356 e. The maximum Gasteiger partial charge on any atom is 0.226 e. The lowest BCUT2D eigenvalue weighted by Crippen LogP contribution is -2.42. The highest BCUT2D eigenvalue weighted by Gasteiger charge is 2.36. The molecule has 0 N–H and O–H groups in total. The molecular formula is C28H30N4OS. The van der Waals surface area contributed by atoms with E-state index < -0.39 is 0 Å². The van der Waals surface area contributed by atoms with Gasteiger partial charge in [-0.2, -0.15) is 0 Å². The average Bonchev–Trinajstić information content (AvgIpc) is 3.48. The number of carbonyl (C=O) groups is 1. The molecule has 0 bridgehead atoms. The molecule has 2 saturated heterocycles. The van der Waals surface area contributed by atoms with Crippen molar-refractivity contribution in [1.82, 2.24) is 14.9 Å². The molecule has 1 atom stereocenters. The molecule has 1 amide bonds. The Hall–Kier alpha value is -2.99. The number of nitrogens with zero attached hydrogens (tertiary/aromatic N) is 4. The van der Waals surface area contributed by atoms with Crippen LogP contribution in [0.25, 0.3) is 21.0 Å². The first-order valence-corrected chi connectivity index (χ1v) is 13.2. The highest BCUT2D eigenvalue weighted by atomic mass is 32.1. The number of fused-ring (bicyclic) bond motifs is 2. The molecule has 2 fully saturated rings. The fraction of sp³-hybridized carbons (Fsp3) is 0.393. The maximum absolute atomic E-state index is 13.7. The number of rotatable bonds is 3. The average molecular weight is 471 g/mol. The van der Waals surface area contributed by atoms with Crippen molar-refractivity contribution in [2.75, 3.05) is 24.5 Å². The first kappa shape index (κ1) is 21.5. The number of hydrogen-bond acceptors (Lipinski definition) is 5. The molecule has 0 radical (unpaired) electrons. The van der Waals surface area contributed by atoms with Crippen molar-refractivity contribution in [3.8, 4) is 0 Å². The van der Waals surface area contributed by atoms with Gasteiger partial charge in [0, 0.05) is 30.4 Å².